The minimum Gasteiger partial charge on any atom is -0.310 e. The van der Waals surface area contributed by atoms with Gasteiger partial charge >= 0.3 is 0 Å². The number of benzene rings is 9. The Labute approximate surface area is 365 Å². The molecule has 0 unspecified atom stereocenters. The average molecular weight is 797 g/mol. The van der Waals surface area contributed by atoms with Crippen molar-refractivity contribution in [3.05, 3.63) is 240 Å². The Bertz CT molecular complexity index is 3080. The van der Waals surface area contributed by atoms with Gasteiger partial charge in [0.2, 0.25) is 0 Å². The van der Waals surface area contributed by atoms with Crippen molar-refractivity contribution >= 4 is 57.0 Å². The van der Waals surface area contributed by atoms with Gasteiger partial charge in [-0.2, -0.15) is 0 Å². The Hall–Kier alpha value is -7.42. The first kappa shape index (κ1) is 37.6. The molecule has 0 amide bonds. The van der Waals surface area contributed by atoms with Gasteiger partial charge in [0.05, 0.1) is 0 Å². The highest BCUT2D eigenvalue weighted by Crippen LogP contribution is 2.53. The van der Waals surface area contributed by atoms with E-state index in [-0.39, 0.29) is 10.8 Å². The highest BCUT2D eigenvalue weighted by atomic mass is 15.1. The van der Waals surface area contributed by atoms with Crippen molar-refractivity contribution in [1.82, 2.24) is 0 Å². The molecule has 0 saturated carbocycles. The van der Waals surface area contributed by atoms with Crippen LogP contribution in [0.5, 0.6) is 0 Å². The molecular weight excluding hydrogens is 749 g/mol. The number of anilines is 6. The summed E-state index contributed by atoms with van der Waals surface area (Å²) in [6.07, 6.45) is 4.58. The van der Waals surface area contributed by atoms with Crippen LogP contribution in [0.1, 0.15) is 61.1 Å². The fourth-order valence-corrected chi connectivity index (χ4v) is 10.3. The lowest BCUT2D eigenvalue weighted by Gasteiger charge is -2.28. The van der Waals surface area contributed by atoms with Crippen LogP contribution in [-0.2, 0) is 10.8 Å². The fourth-order valence-electron chi connectivity index (χ4n) is 10.3. The van der Waals surface area contributed by atoms with Gasteiger partial charge in [0.1, 0.15) is 0 Å². The molecule has 0 atom stereocenters. The van der Waals surface area contributed by atoms with Crippen LogP contribution in [0, 0.1) is 0 Å². The van der Waals surface area contributed by atoms with Crippen LogP contribution < -0.4 is 9.80 Å². The van der Waals surface area contributed by atoms with Crippen LogP contribution in [0.3, 0.4) is 0 Å². The number of rotatable bonds is 8. The van der Waals surface area contributed by atoms with Gasteiger partial charge in [-0.15, -0.1) is 0 Å². The molecule has 0 fully saturated rings. The van der Waals surface area contributed by atoms with Crippen molar-refractivity contribution in [2.75, 3.05) is 9.80 Å². The normalized spacial score (nSPS) is 14.0. The van der Waals surface area contributed by atoms with E-state index in [1.165, 1.54) is 72.1 Å². The maximum absolute atomic E-state index is 2.42. The Morgan fingerprint density at radius 2 is 0.710 bits per heavy atom. The zero-order chi connectivity index (χ0) is 42.0. The van der Waals surface area contributed by atoms with Crippen LogP contribution >= 0.6 is 0 Å². The topological polar surface area (TPSA) is 6.48 Å². The second-order valence-electron chi connectivity index (χ2n) is 17.8. The van der Waals surface area contributed by atoms with Crippen LogP contribution in [0.25, 0.3) is 45.2 Å². The Kier molecular flexibility index (Phi) is 8.87. The molecule has 2 aliphatic carbocycles. The minimum absolute atomic E-state index is 0.155. The Balaban J connectivity index is 0.889. The smallest absolute Gasteiger partial charge is 0.0468 e. The van der Waals surface area contributed by atoms with E-state index in [4.69, 9.17) is 0 Å². The summed E-state index contributed by atoms with van der Waals surface area (Å²) >= 11 is 0. The lowest BCUT2D eigenvalue weighted by atomic mass is 9.79. The minimum atomic E-state index is -0.160. The highest BCUT2D eigenvalue weighted by molar-refractivity contribution is 6.00. The predicted octanol–water partition coefficient (Wildman–Crippen LogP) is 16.6. The first-order chi connectivity index (χ1) is 30.3. The monoisotopic (exact) mass is 796 g/mol. The summed E-state index contributed by atoms with van der Waals surface area (Å²) in [5, 5.41) is 2.56. The summed E-state index contributed by atoms with van der Waals surface area (Å²) in [4.78, 5) is 4.70. The first-order valence-corrected chi connectivity index (χ1v) is 21.8. The summed E-state index contributed by atoms with van der Waals surface area (Å²) in [7, 11) is 0. The van der Waals surface area contributed by atoms with E-state index in [0.29, 0.717) is 0 Å². The van der Waals surface area contributed by atoms with Crippen LogP contribution in [0.4, 0.5) is 34.1 Å². The van der Waals surface area contributed by atoms with Crippen molar-refractivity contribution in [2.24, 2.45) is 0 Å². The molecule has 0 radical (unpaired) electrons. The molecule has 0 aromatic heterocycles. The molecule has 0 bridgehead atoms. The van der Waals surface area contributed by atoms with E-state index in [2.05, 4.69) is 256 Å². The largest absolute Gasteiger partial charge is 0.310 e. The molecular formula is C60H48N2. The van der Waals surface area contributed by atoms with Gasteiger partial charge < -0.3 is 9.80 Å². The molecule has 0 heterocycles. The van der Waals surface area contributed by atoms with E-state index in [0.717, 1.165) is 28.4 Å². The van der Waals surface area contributed by atoms with Gasteiger partial charge in [-0.1, -0.05) is 173 Å². The van der Waals surface area contributed by atoms with Gasteiger partial charge in [0.15, 0.2) is 0 Å². The van der Waals surface area contributed by atoms with E-state index in [9.17, 15) is 0 Å². The molecule has 0 spiro atoms. The summed E-state index contributed by atoms with van der Waals surface area (Å²) in [6, 6.07) is 75.3. The highest BCUT2D eigenvalue weighted by Gasteiger charge is 2.38. The lowest BCUT2D eigenvalue weighted by Crippen LogP contribution is -2.16. The van der Waals surface area contributed by atoms with Gasteiger partial charge in [-0.25, -0.2) is 0 Å². The van der Waals surface area contributed by atoms with Gasteiger partial charge in [-0.05, 0) is 139 Å². The first-order valence-electron chi connectivity index (χ1n) is 21.8. The van der Waals surface area contributed by atoms with Crippen LogP contribution in [-0.4, -0.2) is 0 Å². The standard InChI is InChI=1S/C60H48N2/c1-59(2)55-37-41(27-32-51(55)52-36-31-49(40-57(52)59)62(46-21-13-7-14-22-46)47-23-15-8-16-24-47)25-26-42-28-33-53-54-34-29-43-39-48(30-35-50(43)58(54)60(3,4)56(53)38-42)61(44-17-9-5-10-18-44)45-19-11-6-12-20-45/h5-40H,1-4H3/b26-25+. The third-order valence-corrected chi connectivity index (χ3v) is 13.4. The Morgan fingerprint density at radius 1 is 0.323 bits per heavy atom. The van der Waals surface area contributed by atoms with Crippen molar-refractivity contribution in [1.29, 1.82) is 0 Å². The molecule has 11 rings (SSSR count). The summed E-state index contributed by atoms with van der Waals surface area (Å²) in [5.74, 6) is 0. The van der Waals surface area contributed by atoms with E-state index in [1.807, 2.05) is 0 Å². The van der Waals surface area contributed by atoms with Crippen molar-refractivity contribution < 1.29 is 0 Å². The molecule has 0 aliphatic heterocycles. The number of hydrogen-bond acceptors (Lipinski definition) is 2. The van der Waals surface area contributed by atoms with E-state index >= 15 is 0 Å². The molecule has 62 heavy (non-hydrogen) atoms. The molecule has 0 saturated heterocycles. The lowest BCUT2D eigenvalue weighted by molar-refractivity contribution is 0.660. The second-order valence-corrected chi connectivity index (χ2v) is 17.8. The fraction of sp³-hybridized carbons (Fsp3) is 0.100. The van der Waals surface area contributed by atoms with Crippen LogP contribution in [0.15, 0.2) is 206 Å². The van der Waals surface area contributed by atoms with E-state index < -0.39 is 0 Å². The molecule has 2 nitrogen and oxygen atoms in total. The number of fused-ring (bicyclic) bond motifs is 8. The van der Waals surface area contributed by atoms with Crippen molar-refractivity contribution in [3.8, 4) is 22.3 Å². The second kappa shape index (κ2) is 14.6. The third-order valence-electron chi connectivity index (χ3n) is 13.4. The van der Waals surface area contributed by atoms with Gasteiger partial charge in [0, 0.05) is 45.0 Å². The van der Waals surface area contributed by atoms with Gasteiger partial charge in [0.25, 0.3) is 0 Å². The summed E-state index contributed by atoms with van der Waals surface area (Å²) < 4.78 is 0. The number of para-hydroxylation sites is 4. The molecule has 298 valence electrons. The summed E-state index contributed by atoms with van der Waals surface area (Å²) in [6.45, 7) is 9.53. The quantitative estimate of drug-likeness (QED) is 0.141. The molecule has 9 aromatic rings. The van der Waals surface area contributed by atoms with Gasteiger partial charge in [-0.3, -0.25) is 0 Å². The van der Waals surface area contributed by atoms with E-state index in [1.54, 1.807) is 0 Å². The molecule has 0 N–H and O–H groups in total. The Morgan fingerprint density at radius 3 is 1.21 bits per heavy atom. The van der Waals surface area contributed by atoms with Crippen molar-refractivity contribution in [2.45, 2.75) is 38.5 Å². The maximum Gasteiger partial charge on any atom is 0.0468 e. The third kappa shape index (κ3) is 6.17. The van der Waals surface area contributed by atoms with Crippen LogP contribution in [0.2, 0.25) is 0 Å². The predicted molar refractivity (Wildman–Crippen MR) is 264 cm³/mol. The SMILES string of the molecule is CC1(C)c2cc(/C=C/c3ccc4c(c3)C(C)(C)c3c-4ccc4cc(N(c5ccccc5)c5ccccc5)ccc34)ccc2-c2ccc(N(c3ccccc3)c3ccccc3)cc21. The molecule has 2 aliphatic rings. The average Bonchev–Trinajstić information content (AvgIpc) is 3.68. The van der Waals surface area contributed by atoms with Crippen molar-refractivity contribution in [3.63, 3.8) is 0 Å². The zero-order valence-corrected chi connectivity index (χ0v) is 35.7. The number of nitrogens with zero attached hydrogens (tertiary/aromatic N) is 2. The summed E-state index contributed by atoms with van der Waals surface area (Å²) in [5.41, 5.74) is 19.8. The number of hydrogen-bond donors (Lipinski definition) is 0. The maximum atomic E-state index is 2.42. The molecule has 9 aromatic carbocycles. The molecule has 2 heteroatoms. The zero-order valence-electron chi connectivity index (χ0n) is 35.7.